The summed E-state index contributed by atoms with van der Waals surface area (Å²) >= 11 is 0. The van der Waals surface area contributed by atoms with Gasteiger partial charge in [0.1, 0.15) is 12.0 Å². The number of nitriles is 1. The normalized spacial score (nSPS) is 17.2. The van der Waals surface area contributed by atoms with Crippen molar-refractivity contribution in [2.45, 2.75) is 24.7 Å². The van der Waals surface area contributed by atoms with Gasteiger partial charge in [-0.2, -0.15) is 9.57 Å². The highest BCUT2D eigenvalue weighted by Crippen LogP contribution is 2.26. The summed E-state index contributed by atoms with van der Waals surface area (Å²) in [5.74, 6) is 0.981. The van der Waals surface area contributed by atoms with Crippen LogP contribution < -0.4 is 4.74 Å². The molecule has 3 aromatic rings. The Morgan fingerprint density at radius 1 is 1.29 bits per heavy atom. The molecule has 0 amide bonds. The van der Waals surface area contributed by atoms with Crippen LogP contribution in [0.3, 0.4) is 0 Å². The molecule has 3 heterocycles. The average molecular weight is 439 g/mol. The maximum Gasteiger partial charge on any atom is 0.243 e. The van der Waals surface area contributed by atoms with Gasteiger partial charge in [-0.05, 0) is 31.0 Å². The molecule has 31 heavy (non-hydrogen) atoms. The molecule has 160 valence electrons. The Morgan fingerprint density at radius 3 is 2.81 bits per heavy atom. The van der Waals surface area contributed by atoms with Crippen LogP contribution in [0.5, 0.6) is 5.88 Å². The van der Waals surface area contributed by atoms with Crippen molar-refractivity contribution in [3.05, 3.63) is 60.3 Å². The molecule has 8 nitrogen and oxygen atoms in total. The van der Waals surface area contributed by atoms with Crippen molar-refractivity contribution in [3.8, 4) is 23.2 Å². The highest BCUT2D eigenvalue weighted by atomic mass is 32.2. The Kier molecular flexibility index (Phi) is 6.02. The van der Waals surface area contributed by atoms with E-state index in [0.29, 0.717) is 42.7 Å². The molecule has 1 aliphatic heterocycles. The largest absolute Gasteiger partial charge is 0.477 e. The number of sulfonamides is 1. The Morgan fingerprint density at radius 2 is 2.10 bits per heavy atom. The van der Waals surface area contributed by atoms with E-state index in [-0.39, 0.29) is 10.8 Å². The number of ether oxygens (including phenoxy) is 1. The van der Waals surface area contributed by atoms with Gasteiger partial charge in [0.15, 0.2) is 5.89 Å². The van der Waals surface area contributed by atoms with Gasteiger partial charge >= 0.3 is 0 Å². The smallest absolute Gasteiger partial charge is 0.243 e. The van der Waals surface area contributed by atoms with Crippen molar-refractivity contribution < 1.29 is 17.6 Å². The monoisotopic (exact) mass is 438 g/mol. The molecule has 1 saturated heterocycles. The summed E-state index contributed by atoms with van der Waals surface area (Å²) in [5.41, 5.74) is 1.95. The number of piperidine rings is 1. The van der Waals surface area contributed by atoms with Crippen molar-refractivity contribution in [1.29, 1.82) is 5.26 Å². The van der Waals surface area contributed by atoms with Gasteiger partial charge in [0.05, 0.1) is 23.1 Å². The van der Waals surface area contributed by atoms with Crippen LogP contribution >= 0.6 is 0 Å². The van der Waals surface area contributed by atoms with E-state index in [4.69, 9.17) is 14.4 Å². The highest BCUT2D eigenvalue weighted by molar-refractivity contribution is 7.89. The number of aromatic nitrogens is 2. The van der Waals surface area contributed by atoms with Gasteiger partial charge in [-0.3, -0.25) is 0 Å². The van der Waals surface area contributed by atoms with Crippen LogP contribution in [0.2, 0.25) is 0 Å². The van der Waals surface area contributed by atoms with Crippen LogP contribution in [0.4, 0.5) is 0 Å². The standard InChI is InChI=1S/C22H22N4O4S/c1-16-25-21(15-29-16)19-4-6-20(7-5-19)31(27,28)26-10-2-3-18(13-26)14-30-22-11-17(12-23)8-9-24-22/h4-9,11,15,18H,2-3,10,13-14H2,1H3. The molecule has 0 aliphatic carbocycles. The zero-order valence-corrected chi connectivity index (χ0v) is 17.9. The predicted molar refractivity (Wildman–Crippen MR) is 113 cm³/mol. The van der Waals surface area contributed by atoms with E-state index in [1.54, 1.807) is 49.6 Å². The summed E-state index contributed by atoms with van der Waals surface area (Å²) in [7, 11) is -3.61. The zero-order valence-electron chi connectivity index (χ0n) is 17.1. The number of rotatable bonds is 6. The lowest BCUT2D eigenvalue weighted by Gasteiger charge is -2.31. The molecule has 2 aromatic heterocycles. The van der Waals surface area contributed by atoms with Crippen molar-refractivity contribution in [1.82, 2.24) is 14.3 Å². The first-order chi connectivity index (χ1) is 15.0. The van der Waals surface area contributed by atoms with Crippen LogP contribution in [0, 0.1) is 24.2 Å². The molecule has 1 unspecified atom stereocenters. The van der Waals surface area contributed by atoms with Crippen molar-refractivity contribution in [2.75, 3.05) is 19.7 Å². The second-order valence-corrected chi connectivity index (χ2v) is 9.39. The lowest BCUT2D eigenvalue weighted by atomic mass is 10.0. The Bertz CT molecular complexity index is 1200. The number of hydrogen-bond acceptors (Lipinski definition) is 7. The fourth-order valence-electron chi connectivity index (χ4n) is 3.59. The molecule has 0 spiro atoms. The number of aryl methyl sites for hydroxylation is 1. The van der Waals surface area contributed by atoms with Gasteiger partial charge in [-0.1, -0.05) is 12.1 Å². The van der Waals surface area contributed by atoms with Crippen molar-refractivity contribution >= 4 is 10.0 Å². The van der Waals surface area contributed by atoms with E-state index in [0.717, 1.165) is 18.4 Å². The molecular formula is C22H22N4O4S. The summed E-state index contributed by atoms with van der Waals surface area (Å²) in [4.78, 5) is 8.62. The van der Waals surface area contributed by atoms with Crippen LogP contribution in [0.15, 0.2) is 58.2 Å². The molecule has 1 fully saturated rings. The van der Waals surface area contributed by atoms with Gasteiger partial charge in [0.25, 0.3) is 0 Å². The molecule has 9 heteroatoms. The first-order valence-corrected chi connectivity index (χ1v) is 11.4. The third-order valence-electron chi connectivity index (χ3n) is 5.22. The molecule has 0 bridgehead atoms. The summed E-state index contributed by atoms with van der Waals surface area (Å²) in [6, 6.07) is 11.9. The van der Waals surface area contributed by atoms with Crippen LogP contribution in [0.1, 0.15) is 24.3 Å². The Labute approximate surface area is 181 Å². The summed E-state index contributed by atoms with van der Waals surface area (Å²) in [5, 5.41) is 8.98. The number of pyridine rings is 1. The van der Waals surface area contributed by atoms with E-state index in [1.165, 1.54) is 10.5 Å². The number of nitrogens with zero attached hydrogens (tertiary/aromatic N) is 4. The third-order valence-corrected chi connectivity index (χ3v) is 7.10. The van der Waals surface area contributed by atoms with Crippen molar-refractivity contribution in [2.24, 2.45) is 5.92 Å². The zero-order chi connectivity index (χ0) is 21.8. The second kappa shape index (κ2) is 8.88. The second-order valence-electron chi connectivity index (χ2n) is 7.45. The SMILES string of the molecule is Cc1nc(-c2ccc(S(=O)(=O)N3CCCC(COc4cc(C#N)ccn4)C3)cc2)co1. The molecule has 4 rings (SSSR count). The first-order valence-electron chi connectivity index (χ1n) is 9.97. The van der Waals surface area contributed by atoms with E-state index < -0.39 is 10.0 Å². The predicted octanol–water partition coefficient (Wildman–Crippen LogP) is 3.40. The average Bonchev–Trinajstić information content (AvgIpc) is 3.24. The van der Waals surface area contributed by atoms with E-state index in [2.05, 4.69) is 9.97 Å². The molecule has 1 aliphatic rings. The fourth-order valence-corrected chi connectivity index (χ4v) is 5.14. The number of hydrogen-bond donors (Lipinski definition) is 0. The summed E-state index contributed by atoms with van der Waals surface area (Å²) in [6.07, 6.45) is 4.70. The minimum atomic E-state index is -3.61. The quantitative estimate of drug-likeness (QED) is 0.580. The Hall–Kier alpha value is -3.22. The highest BCUT2D eigenvalue weighted by Gasteiger charge is 2.30. The molecule has 0 N–H and O–H groups in total. The number of benzene rings is 1. The number of oxazole rings is 1. The van der Waals surface area contributed by atoms with E-state index in [9.17, 15) is 8.42 Å². The minimum Gasteiger partial charge on any atom is -0.477 e. The molecular weight excluding hydrogens is 416 g/mol. The fraction of sp³-hybridized carbons (Fsp3) is 0.318. The van der Waals surface area contributed by atoms with Crippen LogP contribution in [-0.4, -0.2) is 42.4 Å². The van der Waals surface area contributed by atoms with E-state index >= 15 is 0 Å². The maximum atomic E-state index is 13.1. The third kappa shape index (κ3) is 4.76. The van der Waals surface area contributed by atoms with Gasteiger partial charge in [-0.15, -0.1) is 0 Å². The van der Waals surface area contributed by atoms with Gasteiger partial charge < -0.3 is 9.15 Å². The lowest BCUT2D eigenvalue weighted by molar-refractivity contribution is 0.176. The first kappa shape index (κ1) is 21.0. The lowest BCUT2D eigenvalue weighted by Crippen LogP contribution is -2.41. The van der Waals surface area contributed by atoms with Gasteiger partial charge in [0, 0.05) is 43.8 Å². The Balaban J connectivity index is 1.42. The van der Waals surface area contributed by atoms with E-state index in [1.807, 2.05) is 6.07 Å². The van der Waals surface area contributed by atoms with Gasteiger partial charge in [-0.25, -0.2) is 18.4 Å². The molecule has 0 radical (unpaired) electrons. The molecule has 1 atom stereocenters. The van der Waals surface area contributed by atoms with Crippen molar-refractivity contribution in [3.63, 3.8) is 0 Å². The van der Waals surface area contributed by atoms with Gasteiger partial charge in [0.2, 0.25) is 15.9 Å². The summed E-state index contributed by atoms with van der Waals surface area (Å²) in [6.45, 7) is 2.96. The summed E-state index contributed by atoms with van der Waals surface area (Å²) < 4.78 is 38.7. The maximum absolute atomic E-state index is 13.1. The molecule has 0 saturated carbocycles. The minimum absolute atomic E-state index is 0.0495. The van der Waals surface area contributed by atoms with Crippen LogP contribution in [0.25, 0.3) is 11.3 Å². The topological polar surface area (TPSA) is 109 Å². The molecule has 1 aromatic carbocycles. The van der Waals surface area contributed by atoms with Crippen LogP contribution in [-0.2, 0) is 10.0 Å².